The van der Waals surface area contributed by atoms with Gasteiger partial charge in [0.25, 0.3) is 0 Å². The van der Waals surface area contributed by atoms with E-state index < -0.39 is 24.3 Å². The number of hydrogen-bond acceptors (Lipinski definition) is 9. The Hall–Kier alpha value is -4.29. The number of anilines is 1. The van der Waals surface area contributed by atoms with E-state index in [2.05, 4.69) is 15.3 Å². The zero-order valence-corrected chi connectivity index (χ0v) is 25.1. The third-order valence-corrected chi connectivity index (χ3v) is 8.02. The van der Waals surface area contributed by atoms with Crippen LogP contribution >= 0.6 is 22.7 Å². The van der Waals surface area contributed by atoms with Crippen molar-refractivity contribution in [3.63, 3.8) is 0 Å². The second-order valence-electron chi connectivity index (χ2n) is 9.52. The Bertz CT molecular complexity index is 1390. The molecule has 4 rings (SSSR count). The lowest BCUT2D eigenvalue weighted by Crippen LogP contribution is -2.53. The van der Waals surface area contributed by atoms with E-state index in [1.807, 2.05) is 60.7 Å². The first-order chi connectivity index (χ1) is 20.4. The van der Waals surface area contributed by atoms with Crippen LogP contribution in [-0.4, -0.2) is 65.2 Å². The van der Waals surface area contributed by atoms with Crippen LogP contribution in [0.4, 0.5) is 14.6 Å². The van der Waals surface area contributed by atoms with Crippen molar-refractivity contribution in [2.45, 2.75) is 38.5 Å². The second-order valence-corrected chi connectivity index (χ2v) is 11.4. The number of methoxy groups -OCH3 is 1. The Labute approximate surface area is 252 Å². The Morgan fingerprint density at radius 3 is 2.10 bits per heavy atom. The largest absolute Gasteiger partial charge is 0.452 e. The minimum Gasteiger partial charge on any atom is -0.452 e. The van der Waals surface area contributed by atoms with Gasteiger partial charge < -0.3 is 19.7 Å². The van der Waals surface area contributed by atoms with Crippen LogP contribution in [0.2, 0.25) is 0 Å². The highest BCUT2D eigenvalue weighted by atomic mass is 32.1. The summed E-state index contributed by atoms with van der Waals surface area (Å²) in [5.41, 5.74) is 5.31. The Balaban J connectivity index is 1.57. The van der Waals surface area contributed by atoms with Gasteiger partial charge in [0, 0.05) is 26.2 Å². The zero-order chi connectivity index (χ0) is 29.7. The first-order valence-corrected chi connectivity index (χ1v) is 15.1. The average Bonchev–Trinajstić information content (AvgIpc) is 3.72. The van der Waals surface area contributed by atoms with Crippen LogP contribution in [0.5, 0.6) is 0 Å². The Morgan fingerprint density at radius 1 is 0.881 bits per heavy atom. The molecule has 0 radical (unpaired) electrons. The summed E-state index contributed by atoms with van der Waals surface area (Å²) in [6.45, 7) is 1.98. The maximum absolute atomic E-state index is 13.1. The van der Waals surface area contributed by atoms with E-state index in [-0.39, 0.29) is 25.6 Å². The van der Waals surface area contributed by atoms with Gasteiger partial charge in [-0.25, -0.2) is 9.59 Å². The number of nitrogens with one attached hydrogen (secondary N) is 1. The predicted octanol–water partition coefficient (Wildman–Crippen LogP) is 5.17. The minimum atomic E-state index is -0.588. The molecule has 2 aromatic heterocycles. The molecule has 3 amide bonds. The fraction of sp³-hybridized carbons (Fsp3) is 0.300. The number of aromatic nitrogens is 2. The second kappa shape index (κ2) is 15.6. The summed E-state index contributed by atoms with van der Waals surface area (Å²) in [5.74, 6) is -0.194. The van der Waals surface area contributed by atoms with E-state index in [4.69, 9.17) is 9.47 Å². The van der Waals surface area contributed by atoms with Gasteiger partial charge in [-0.05, 0) is 24.0 Å². The Morgan fingerprint density at radius 2 is 1.52 bits per heavy atom. The number of nitrogens with zero attached hydrogens (tertiary/aromatic N) is 4. The van der Waals surface area contributed by atoms with Gasteiger partial charge in [-0.2, -0.15) is 0 Å². The molecule has 2 atom stereocenters. The van der Waals surface area contributed by atoms with Crippen LogP contribution in [0.1, 0.15) is 22.9 Å². The van der Waals surface area contributed by atoms with Crippen LogP contribution in [0.25, 0.3) is 0 Å². The van der Waals surface area contributed by atoms with Gasteiger partial charge in [0.15, 0.2) is 0 Å². The maximum atomic E-state index is 13.1. The number of hydrogen-bond donors (Lipinski definition) is 1. The molecule has 0 bridgehead atoms. The highest BCUT2D eigenvalue weighted by Gasteiger charge is 2.31. The lowest BCUT2D eigenvalue weighted by molar-refractivity contribution is -0.129. The molecule has 1 N–H and O–H groups in total. The molecule has 0 saturated heterocycles. The minimum absolute atomic E-state index is 0.104. The molecule has 42 heavy (non-hydrogen) atoms. The van der Waals surface area contributed by atoms with Gasteiger partial charge in [0.1, 0.15) is 11.6 Å². The predicted molar refractivity (Wildman–Crippen MR) is 163 cm³/mol. The number of carbonyl (C=O) groups is 3. The van der Waals surface area contributed by atoms with Gasteiger partial charge in [0.2, 0.25) is 5.91 Å². The summed E-state index contributed by atoms with van der Waals surface area (Å²) in [5, 5.41) is 3.55. The monoisotopic (exact) mass is 607 g/mol. The fourth-order valence-corrected chi connectivity index (χ4v) is 5.73. The lowest BCUT2D eigenvalue weighted by Gasteiger charge is -2.35. The highest BCUT2D eigenvalue weighted by molar-refractivity contribution is 7.14. The van der Waals surface area contributed by atoms with Gasteiger partial charge in [-0.1, -0.05) is 60.7 Å². The molecule has 10 nitrogen and oxygen atoms in total. The molecule has 0 saturated carbocycles. The molecular weight excluding hydrogens is 574 g/mol. The van der Waals surface area contributed by atoms with E-state index in [0.717, 1.165) is 16.0 Å². The van der Waals surface area contributed by atoms with E-state index in [9.17, 15) is 14.4 Å². The summed E-state index contributed by atoms with van der Waals surface area (Å²) in [7, 11) is 1.33. The summed E-state index contributed by atoms with van der Waals surface area (Å²) >= 11 is 2.71. The van der Waals surface area contributed by atoms with Crippen molar-refractivity contribution < 1.29 is 23.9 Å². The number of amides is 3. The molecule has 2 heterocycles. The molecule has 0 aliphatic heterocycles. The summed E-state index contributed by atoms with van der Waals surface area (Å²) in [6.07, 6.45) is 3.06. The van der Waals surface area contributed by atoms with Crippen LogP contribution in [0.15, 0.2) is 84.1 Å². The first-order valence-electron chi connectivity index (χ1n) is 13.3. The van der Waals surface area contributed by atoms with Crippen molar-refractivity contribution in [1.82, 2.24) is 20.2 Å². The van der Waals surface area contributed by atoms with E-state index in [1.165, 1.54) is 36.7 Å². The lowest BCUT2D eigenvalue weighted by atomic mass is 10.0. The normalized spacial score (nSPS) is 12.1. The molecule has 220 valence electrons. The molecule has 4 aromatic rings. The summed E-state index contributed by atoms with van der Waals surface area (Å²) in [4.78, 5) is 51.1. The molecule has 0 spiro atoms. The quantitative estimate of drug-likeness (QED) is 0.223. The van der Waals surface area contributed by atoms with Crippen LogP contribution < -0.4 is 10.2 Å². The van der Waals surface area contributed by atoms with Crippen molar-refractivity contribution in [1.29, 1.82) is 0 Å². The third-order valence-electron chi connectivity index (χ3n) is 6.50. The van der Waals surface area contributed by atoms with Gasteiger partial charge in [-0.15, -0.1) is 22.7 Å². The van der Waals surface area contributed by atoms with Crippen LogP contribution in [-0.2, 0) is 33.7 Å². The maximum Gasteiger partial charge on any atom is 0.415 e. The topological polar surface area (TPSA) is 114 Å². The van der Waals surface area contributed by atoms with Gasteiger partial charge in [-0.3, -0.25) is 19.7 Å². The average molecular weight is 608 g/mol. The standard InChI is InChI=1S/C30H33N5O5S2/c1-22(36)34(17-25(13-23-9-5-3-6-10-23)33-29(37)40-19-27-15-31-20-41-27)18-26(14-24-11-7-4-8-12-24)35(30(38)39-2)28-16-32-21-42-28/h3-12,15-16,20-21,25-26H,13-14,17-19H2,1-2H3,(H,33,37)/t25-,26+/m1/s1. The van der Waals surface area contributed by atoms with Crippen molar-refractivity contribution in [3.05, 3.63) is 100 Å². The van der Waals surface area contributed by atoms with Crippen LogP contribution in [0, 0.1) is 0 Å². The molecular formula is C30H33N5O5S2. The van der Waals surface area contributed by atoms with E-state index >= 15 is 0 Å². The van der Waals surface area contributed by atoms with E-state index in [0.29, 0.717) is 17.8 Å². The third kappa shape index (κ3) is 9.11. The molecule has 0 aliphatic rings. The molecule has 2 aromatic carbocycles. The number of rotatable bonds is 13. The van der Waals surface area contributed by atoms with Crippen molar-refractivity contribution in [2.24, 2.45) is 0 Å². The Kier molecular flexibility index (Phi) is 11.4. The highest BCUT2D eigenvalue weighted by Crippen LogP contribution is 2.25. The fourth-order valence-electron chi connectivity index (χ4n) is 4.54. The number of thiazole rings is 2. The van der Waals surface area contributed by atoms with Crippen molar-refractivity contribution >= 4 is 45.8 Å². The first kappa shape index (κ1) is 30.7. The van der Waals surface area contributed by atoms with E-state index in [1.54, 1.807) is 33.2 Å². The number of alkyl carbamates (subject to hydrolysis) is 1. The summed E-state index contributed by atoms with van der Waals surface area (Å²) in [6, 6.07) is 18.5. The number of carbonyl (C=O) groups excluding carboxylic acids is 3. The smallest absolute Gasteiger partial charge is 0.415 e. The molecule has 0 unspecified atom stereocenters. The SMILES string of the molecule is COC(=O)N(c1cncs1)[C@@H](Cc1ccccc1)CN(C[C@@H](Cc1ccccc1)NC(=O)OCc1cncs1)C(C)=O. The number of benzene rings is 2. The number of ether oxygens (including phenoxy) is 2. The van der Waals surface area contributed by atoms with Gasteiger partial charge in [0.05, 0.1) is 41.3 Å². The molecule has 12 heteroatoms. The van der Waals surface area contributed by atoms with Crippen LogP contribution in [0.3, 0.4) is 0 Å². The van der Waals surface area contributed by atoms with Crippen molar-refractivity contribution in [2.75, 3.05) is 25.1 Å². The molecule has 0 fully saturated rings. The zero-order valence-electron chi connectivity index (χ0n) is 23.4. The summed E-state index contributed by atoms with van der Waals surface area (Å²) < 4.78 is 10.6. The van der Waals surface area contributed by atoms with Gasteiger partial charge >= 0.3 is 12.2 Å². The molecule has 0 aliphatic carbocycles. The van der Waals surface area contributed by atoms with Crippen molar-refractivity contribution in [3.8, 4) is 0 Å².